The number of methoxy groups -OCH3 is 1. The number of hydrogen-bond donors (Lipinski definition) is 2. The average molecular weight is 222 g/mol. The SMILES string of the molecule is COc1cc(C)c(C)cc1NC(=O)CCN. The number of carbonyl (C=O) groups is 1. The Kier molecular flexibility index (Phi) is 4.31. The second kappa shape index (κ2) is 5.51. The van der Waals surface area contributed by atoms with Crippen LogP contribution in [0.15, 0.2) is 12.1 Å². The first-order valence-corrected chi connectivity index (χ1v) is 5.23. The Labute approximate surface area is 95.8 Å². The van der Waals surface area contributed by atoms with E-state index >= 15 is 0 Å². The average Bonchev–Trinajstić information content (AvgIpc) is 2.23. The minimum atomic E-state index is -0.0935. The summed E-state index contributed by atoms with van der Waals surface area (Å²) in [7, 11) is 1.59. The van der Waals surface area contributed by atoms with E-state index < -0.39 is 0 Å². The van der Waals surface area contributed by atoms with Crippen molar-refractivity contribution in [1.82, 2.24) is 0 Å². The molecule has 0 heterocycles. The first-order valence-electron chi connectivity index (χ1n) is 5.23. The zero-order valence-corrected chi connectivity index (χ0v) is 9.96. The Morgan fingerprint density at radius 1 is 1.38 bits per heavy atom. The van der Waals surface area contributed by atoms with Crippen LogP contribution >= 0.6 is 0 Å². The predicted molar refractivity (Wildman–Crippen MR) is 64.8 cm³/mol. The summed E-state index contributed by atoms with van der Waals surface area (Å²) in [5.41, 5.74) is 8.26. The second-order valence-electron chi connectivity index (χ2n) is 3.72. The minimum absolute atomic E-state index is 0.0935. The van der Waals surface area contributed by atoms with Crippen molar-refractivity contribution in [2.24, 2.45) is 5.73 Å². The summed E-state index contributed by atoms with van der Waals surface area (Å²) in [6.07, 6.45) is 0.316. The summed E-state index contributed by atoms with van der Waals surface area (Å²) in [6.45, 7) is 4.34. The molecule has 0 saturated heterocycles. The molecule has 0 unspecified atom stereocenters. The Morgan fingerprint density at radius 2 is 2.00 bits per heavy atom. The lowest BCUT2D eigenvalue weighted by Gasteiger charge is -2.12. The van der Waals surface area contributed by atoms with Gasteiger partial charge in [-0.3, -0.25) is 4.79 Å². The van der Waals surface area contributed by atoms with Crippen molar-refractivity contribution in [3.05, 3.63) is 23.3 Å². The number of carbonyl (C=O) groups excluding carboxylic acids is 1. The molecule has 1 amide bonds. The van der Waals surface area contributed by atoms with Crippen LogP contribution in [-0.4, -0.2) is 19.6 Å². The number of benzene rings is 1. The summed E-state index contributed by atoms with van der Waals surface area (Å²) >= 11 is 0. The molecule has 0 fully saturated rings. The van der Waals surface area contributed by atoms with Gasteiger partial charge in [0, 0.05) is 13.0 Å². The molecule has 0 aliphatic carbocycles. The Bertz CT molecular complexity index is 389. The third-order valence-corrected chi connectivity index (χ3v) is 2.46. The Balaban J connectivity index is 2.94. The molecule has 16 heavy (non-hydrogen) atoms. The molecule has 0 radical (unpaired) electrons. The van der Waals surface area contributed by atoms with Gasteiger partial charge in [0.05, 0.1) is 12.8 Å². The molecule has 1 aromatic rings. The van der Waals surface area contributed by atoms with Crippen molar-refractivity contribution in [3.63, 3.8) is 0 Å². The van der Waals surface area contributed by atoms with Crippen LogP contribution in [0, 0.1) is 13.8 Å². The quantitative estimate of drug-likeness (QED) is 0.813. The van der Waals surface area contributed by atoms with Crippen molar-refractivity contribution in [2.45, 2.75) is 20.3 Å². The summed E-state index contributed by atoms with van der Waals surface area (Å²) in [4.78, 5) is 11.4. The first kappa shape index (κ1) is 12.5. The molecule has 4 nitrogen and oxygen atoms in total. The highest BCUT2D eigenvalue weighted by Gasteiger charge is 2.08. The van der Waals surface area contributed by atoms with Gasteiger partial charge in [0.25, 0.3) is 0 Å². The zero-order valence-electron chi connectivity index (χ0n) is 9.96. The van der Waals surface area contributed by atoms with Crippen molar-refractivity contribution in [1.29, 1.82) is 0 Å². The van der Waals surface area contributed by atoms with Crippen molar-refractivity contribution >= 4 is 11.6 Å². The van der Waals surface area contributed by atoms with E-state index in [0.717, 1.165) is 11.1 Å². The first-order chi connectivity index (χ1) is 7.58. The van der Waals surface area contributed by atoms with Gasteiger partial charge in [0.1, 0.15) is 5.75 Å². The maximum Gasteiger partial charge on any atom is 0.225 e. The van der Waals surface area contributed by atoms with Crippen LogP contribution in [0.3, 0.4) is 0 Å². The van der Waals surface area contributed by atoms with Gasteiger partial charge in [-0.25, -0.2) is 0 Å². The van der Waals surface area contributed by atoms with Gasteiger partial charge in [-0.15, -0.1) is 0 Å². The molecule has 88 valence electrons. The van der Waals surface area contributed by atoms with E-state index in [9.17, 15) is 4.79 Å². The van der Waals surface area contributed by atoms with Gasteiger partial charge in [-0.1, -0.05) is 0 Å². The van der Waals surface area contributed by atoms with Crippen molar-refractivity contribution in [3.8, 4) is 5.75 Å². The number of nitrogens with two attached hydrogens (primary N) is 1. The number of ether oxygens (including phenoxy) is 1. The highest BCUT2D eigenvalue weighted by molar-refractivity contribution is 5.92. The third-order valence-electron chi connectivity index (χ3n) is 2.46. The molecular formula is C12H18N2O2. The molecule has 0 aromatic heterocycles. The fourth-order valence-electron chi connectivity index (χ4n) is 1.40. The highest BCUT2D eigenvalue weighted by atomic mass is 16.5. The number of amides is 1. The topological polar surface area (TPSA) is 64.3 Å². The van der Waals surface area contributed by atoms with E-state index in [1.807, 2.05) is 26.0 Å². The Morgan fingerprint density at radius 3 is 2.56 bits per heavy atom. The molecular weight excluding hydrogens is 204 g/mol. The van der Waals surface area contributed by atoms with Gasteiger partial charge >= 0.3 is 0 Å². The van der Waals surface area contributed by atoms with E-state index in [2.05, 4.69) is 5.32 Å². The summed E-state index contributed by atoms with van der Waals surface area (Å²) in [5.74, 6) is 0.581. The third kappa shape index (κ3) is 2.97. The van der Waals surface area contributed by atoms with Crippen molar-refractivity contribution in [2.75, 3.05) is 19.0 Å². The predicted octanol–water partition coefficient (Wildman–Crippen LogP) is 1.60. The maximum atomic E-state index is 11.4. The number of hydrogen-bond acceptors (Lipinski definition) is 3. The van der Waals surface area contributed by atoms with E-state index in [1.54, 1.807) is 7.11 Å². The molecule has 3 N–H and O–H groups in total. The molecule has 0 aliphatic rings. The van der Waals surface area contributed by atoms with Crippen molar-refractivity contribution < 1.29 is 9.53 Å². The van der Waals surface area contributed by atoms with Crippen LogP contribution < -0.4 is 15.8 Å². The van der Waals surface area contributed by atoms with Gasteiger partial charge < -0.3 is 15.8 Å². The van der Waals surface area contributed by atoms with Gasteiger partial charge in [0.15, 0.2) is 0 Å². The lowest BCUT2D eigenvalue weighted by atomic mass is 10.1. The molecule has 0 aliphatic heterocycles. The largest absolute Gasteiger partial charge is 0.495 e. The van der Waals surface area contributed by atoms with E-state index in [-0.39, 0.29) is 5.91 Å². The zero-order chi connectivity index (χ0) is 12.1. The number of nitrogens with one attached hydrogen (secondary N) is 1. The van der Waals surface area contributed by atoms with Crippen LogP contribution in [0.5, 0.6) is 5.75 Å². The molecule has 0 atom stereocenters. The minimum Gasteiger partial charge on any atom is -0.495 e. The fourth-order valence-corrected chi connectivity index (χ4v) is 1.40. The summed E-state index contributed by atoms with van der Waals surface area (Å²) in [6, 6.07) is 3.82. The summed E-state index contributed by atoms with van der Waals surface area (Å²) < 4.78 is 5.21. The lowest BCUT2D eigenvalue weighted by molar-refractivity contribution is -0.116. The van der Waals surface area contributed by atoms with Crippen LogP contribution in [0.4, 0.5) is 5.69 Å². The number of anilines is 1. The Hall–Kier alpha value is -1.55. The molecule has 0 spiro atoms. The molecule has 0 bridgehead atoms. The second-order valence-corrected chi connectivity index (χ2v) is 3.72. The summed E-state index contributed by atoms with van der Waals surface area (Å²) in [5, 5.41) is 2.79. The number of aryl methyl sites for hydroxylation is 2. The highest BCUT2D eigenvalue weighted by Crippen LogP contribution is 2.27. The van der Waals surface area contributed by atoms with Gasteiger partial charge in [-0.05, 0) is 37.1 Å². The van der Waals surface area contributed by atoms with Crippen LogP contribution in [0.25, 0.3) is 0 Å². The monoisotopic (exact) mass is 222 g/mol. The smallest absolute Gasteiger partial charge is 0.225 e. The van der Waals surface area contributed by atoms with Crippen LogP contribution in [-0.2, 0) is 4.79 Å². The van der Waals surface area contributed by atoms with Gasteiger partial charge in [-0.2, -0.15) is 0 Å². The normalized spacial score (nSPS) is 10.0. The molecule has 0 saturated carbocycles. The molecule has 1 rings (SSSR count). The molecule has 4 heteroatoms. The molecule has 1 aromatic carbocycles. The van der Waals surface area contributed by atoms with E-state index in [4.69, 9.17) is 10.5 Å². The van der Waals surface area contributed by atoms with Crippen LogP contribution in [0.2, 0.25) is 0 Å². The lowest BCUT2D eigenvalue weighted by Crippen LogP contribution is -2.16. The fraction of sp³-hybridized carbons (Fsp3) is 0.417. The van der Waals surface area contributed by atoms with Gasteiger partial charge in [0.2, 0.25) is 5.91 Å². The van der Waals surface area contributed by atoms with E-state index in [0.29, 0.717) is 24.4 Å². The number of rotatable bonds is 4. The maximum absolute atomic E-state index is 11.4. The standard InChI is InChI=1S/C12H18N2O2/c1-8-6-10(14-12(15)4-5-13)11(16-3)7-9(8)2/h6-7H,4-5,13H2,1-3H3,(H,14,15). The van der Waals surface area contributed by atoms with E-state index in [1.165, 1.54) is 0 Å². The van der Waals surface area contributed by atoms with Crippen LogP contribution in [0.1, 0.15) is 17.5 Å².